The summed E-state index contributed by atoms with van der Waals surface area (Å²) in [6, 6.07) is 3.05. The van der Waals surface area contributed by atoms with Gasteiger partial charge >= 0.3 is 0 Å². The number of hydrogen-bond acceptors (Lipinski definition) is 2. The highest BCUT2D eigenvalue weighted by Crippen LogP contribution is 2.19. The molecule has 84 valence electrons. The minimum absolute atomic E-state index is 0.494. The Morgan fingerprint density at radius 1 is 1.31 bits per heavy atom. The molecule has 0 unspecified atom stereocenters. The molecular weight excluding hydrogens is 212 g/mol. The molecule has 1 aromatic heterocycles. The highest BCUT2D eigenvalue weighted by molar-refractivity contribution is 5.26. The van der Waals surface area contributed by atoms with E-state index in [0.717, 1.165) is 12.1 Å². The van der Waals surface area contributed by atoms with E-state index in [9.17, 15) is 8.78 Å². The molecule has 0 spiro atoms. The van der Waals surface area contributed by atoms with Crippen LogP contribution in [0.5, 0.6) is 0 Å². The summed E-state index contributed by atoms with van der Waals surface area (Å²) in [5.41, 5.74) is 6.40. The van der Waals surface area contributed by atoms with Gasteiger partial charge in [-0.15, -0.1) is 0 Å². The van der Waals surface area contributed by atoms with Gasteiger partial charge in [-0.05, 0) is 17.7 Å². The molecule has 2 N–H and O–H groups in total. The average molecular weight is 223 g/mol. The van der Waals surface area contributed by atoms with Gasteiger partial charge in [0.15, 0.2) is 11.6 Å². The van der Waals surface area contributed by atoms with Gasteiger partial charge in [0.05, 0.1) is 6.04 Å². The van der Waals surface area contributed by atoms with Crippen LogP contribution in [0.15, 0.2) is 30.6 Å². The molecule has 0 radical (unpaired) electrons. The molecule has 0 saturated carbocycles. The first-order valence-corrected chi connectivity index (χ1v) is 4.77. The molecule has 3 nitrogen and oxygen atoms in total. The van der Waals surface area contributed by atoms with Crippen LogP contribution in [0.4, 0.5) is 8.78 Å². The summed E-state index contributed by atoms with van der Waals surface area (Å²) < 4.78 is 27.5. The summed E-state index contributed by atoms with van der Waals surface area (Å²) in [6.07, 6.45) is 3.35. The lowest BCUT2D eigenvalue weighted by molar-refractivity contribution is 0.505. The molecule has 0 fully saturated rings. The molecule has 2 aromatic rings. The van der Waals surface area contributed by atoms with Crippen molar-refractivity contribution in [2.45, 2.75) is 6.04 Å². The van der Waals surface area contributed by atoms with Gasteiger partial charge < -0.3 is 10.3 Å². The lowest BCUT2D eigenvalue weighted by atomic mass is 10.1. The maximum atomic E-state index is 13.0. The number of halogens is 2. The van der Waals surface area contributed by atoms with Crippen molar-refractivity contribution in [3.63, 3.8) is 0 Å². The summed E-state index contributed by atoms with van der Waals surface area (Å²) >= 11 is 0. The van der Waals surface area contributed by atoms with Crippen LogP contribution in [0.2, 0.25) is 0 Å². The Labute approximate surface area is 91.5 Å². The summed E-state index contributed by atoms with van der Waals surface area (Å²) in [4.78, 5) is 4.07. The van der Waals surface area contributed by atoms with Crippen molar-refractivity contribution in [2.75, 3.05) is 0 Å². The first-order chi connectivity index (χ1) is 7.59. The topological polar surface area (TPSA) is 43.8 Å². The smallest absolute Gasteiger partial charge is 0.159 e. The summed E-state index contributed by atoms with van der Waals surface area (Å²) in [5, 5.41) is 0. The van der Waals surface area contributed by atoms with E-state index in [2.05, 4.69) is 4.98 Å². The maximum absolute atomic E-state index is 13.0. The number of aryl methyl sites for hydroxylation is 1. The number of aromatic nitrogens is 2. The van der Waals surface area contributed by atoms with E-state index in [4.69, 9.17) is 5.73 Å². The number of benzene rings is 1. The normalized spacial score (nSPS) is 12.8. The van der Waals surface area contributed by atoms with Crippen LogP contribution in [0, 0.1) is 11.6 Å². The van der Waals surface area contributed by atoms with E-state index in [1.54, 1.807) is 24.0 Å². The minimum Gasteiger partial charge on any atom is -0.336 e. The van der Waals surface area contributed by atoms with Crippen molar-refractivity contribution in [1.82, 2.24) is 9.55 Å². The van der Waals surface area contributed by atoms with Crippen molar-refractivity contribution in [1.29, 1.82) is 0 Å². The largest absolute Gasteiger partial charge is 0.336 e. The monoisotopic (exact) mass is 223 g/mol. The fraction of sp³-hybridized carbons (Fsp3) is 0.182. The van der Waals surface area contributed by atoms with E-state index in [0.29, 0.717) is 11.4 Å². The molecule has 1 aromatic carbocycles. The predicted octanol–water partition coefficient (Wildman–Crippen LogP) is 1.75. The number of hydrogen-bond donors (Lipinski definition) is 1. The quantitative estimate of drug-likeness (QED) is 0.842. The minimum atomic E-state index is -0.901. The van der Waals surface area contributed by atoms with Crippen LogP contribution in [0.3, 0.4) is 0 Å². The molecule has 0 amide bonds. The Morgan fingerprint density at radius 3 is 2.62 bits per heavy atom. The van der Waals surface area contributed by atoms with E-state index in [-0.39, 0.29) is 0 Å². The fourth-order valence-electron chi connectivity index (χ4n) is 1.53. The van der Waals surface area contributed by atoms with E-state index in [1.165, 1.54) is 6.07 Å². The van der Waals surface area contributed by atoms with Crippen molar-refractivity contribution in [2.24, 2.45) is 12.8 Å². The van der Waals surface area contributed by atoms with Gasteiger partial charge in [-0.25, -0.2) is 13.8 Å². The van der Waals surface area contributed by atoms with Crippen LogP contribution in [0.1, 0.15) is 17.4 Å². The van der Waals surface area contributed by atoms with Crippen LogP contribution in [-0.4, -0.2) is 9.55 Å². The fourth-order valence-corrected chi connectivity index (χ4v) is 1.53. The van der Waals surface area contributed by atoms with E-state index in [1.807, 2.05) is 0 Å². The van der Waals surface area contributed by atoms with Gasteiger partial charge in [0.1, 0.15) is 5.82 Å². The second-order valence-corrected chi connectivity index (χ2v) is 3.55. The lowest BCUT2D eigenvalue weighted by Gasteiger charge is -2.12. The highest BCUT2D eigenvalue weighted by atomic mass is 19.2. The summed E-state index contributed by atoms with van der Waals surface area (Å²) in [7, 11) is 1.79. The van der Waals surface area contributed by atoms with Gasteiger partial charge in [0, 0.05) is 19.4 Å². The molecule has 2 rings (SSSR count). The van der Waals surface area contributed by atoms with Crippen molar-refractivity contribution in [3.8, 4) is 0 Å². The van der Waals surface area contributed by atoms with Gasteiger partial charge in [0.2, 0.25) is 0 Å². The molecule has 0 aliphatic carbocycles. The van der Waals surface area contributed by atoms with E-state index >= 15 is 0 Å². The molecule has 1 heterocycles. The maximum Gasteiger partial charge on any atom is 0.159 e. The third-order valence-corrected chi connectivity index (χ3v) is 2.44. The number of nitrogens with zero attached hydrogens (tertiary/aromatic N) is 2. The van der Waals surface area contributed by atoms with Crippen LogP contribution in [0.25, 0.3) is 0 Å². The van der Waals surface area contributed by atoms with Crippen molar-refractivity contribution in [3.05, 3.63) is 53.6 Å². The number of nitrogens with two attached hydrogens (primary N) is 1. The van der Waals surface area contributed by atoms with Crippen LogP contribution < -0.4 is 5.73 Å². The molecule has 0 aliphatic rings. The molecule has 0 bridgehead atoms. The molecule has 5 heteroatoms. The first kappa shape index (κ1) is 10.8. The molecule has 16 heavy (non-hydrogen) atoms. The Morgan fingerprint density at radius 2 is 2.06 bits per heavy atom. The Balaban J connectivity index is 2.38. The van der Waals surface area contributed by atoms with Gasteiger partial charge in [0.25, 0.3) is 0 Å². The number of imidazole rings is 1. The highest BCUT2D eigenvalue weighted by Gasteiger charge is 2.15. The Kier molecular flexibility index (Phi) is 2.70. The summed E-state index contributed by atoms with van der Waals surface area (Å²) in [5.74, 6) is -1.18. The standard InChI is InChI=1S/C11H11F2N3/c1-16-5-4-15-11(16)10(14)7-2-3-8(12)9(13)6-7/h2-6,10H,14H2,1H3/t10-/m1/s1. The zero-order valence-corrected chi connectivity index (χ0v) is 8.69. The summed E-state index contributed by atoms with van der Waals surface area (Å²) in [6.45, 7) is 0. The van der Waals surface area contributed by atoms with Gasteiger partial charge in [-0.1, -0.05) is 6.07 Å². The van der Waals surface area contributed by atoms with Crippen molar-refractivity contribution >= 4 is 0 Å². The third-order valence-electron chi connectivity index (χ3n) is 2.44. The number of rotatable bonds is 2. The van der Waals surface area contributed by atoms with Crippen LogP contribution in [-0.2, 0) is 7.05 Å². The molecule has 0 saturated heterocycles. The molecule has 0 aliphatic heterocycles. The second kappa shape index (κ2) is 4.02. The second-order valence-electron chi connectivity index (χ2n) is 3.55. The third kappa shape index (κ3) is 1.81. The lowest BCUT2D eigenvalue weighted by Crippen LogP contribution is -2.16. The van der Waals surface area contributed by atoms with Crippen molar-refractivity contribution < 1.29 is 8.78 Å². The zero-order valence-electron chi connectivity index (χ0n) is 8.69. The zero-order chi connectivity index (χ0) is 11.7. The SMILES string of the molecule is Cn1ccnc1[C@H](N)c1ccc(F)c(F)c1. The Bertz CT molecular complexity index is 508. The molecule has 1 atom stereocenters. The Hall–Kier alpha value is -1.75. The van der Waals surface area contributed by atoms with E-state index < -0.39 is 17.7 Å². The first-order valence-electron chi connectivity index (χ1n) is 4.77. The predicted molar refractivity (Wildman–Crippen MR) is 55.6 cm³/mol. The van der Waals surface area contributed by atoms with Gasteiger partial charge in [-0.3, -0.25) is 0 Å². The average Bonchev–Trinajstić information content (AvgIpc) is 2.67. The molecular formula is C11H11F2N3. The van der Waals surface area contributed by atoms with Gasteiger partial charge in [-0.2, -0.15) is 0 Å². The van der Waals surface area contributed by atoms with Crippen LogP contribution >= 0.6 is 0 Å².